The van der Waals surface area contributed by atoms with Crippen LogP contribution in [0.1, 0.15) is 44.3 Å². The highest BCUT2D eigenvalue weighted by Crippen LogP contribution is 2.22. The molecule has 84 valence electrons. The fraction of sp³-hybridized carbons (Fsp3) is 0.818. The van der Waals surface area contributed by atoms with E-state index in [2.05, 4.69) is 28.6 Å². The number of fused-ring (bicyclic) bond motifs is 1. The molecule has 0 radical (unpaired) electrons. The van der Waals surface area contributed by atoms with Crippen LogP contribution in [0, 0.1) is 5.92 Å². The van der Waals surface area contributed by atoms with Crippen molar-refractivity contribution in [1.29, 1.82) is 0 Å². The molecule has 1 aromatic rings. The van der Waals surface area contributed by atoms with Gasteiger partial charge in [-0.15, -0.1) is 0 Å². The van der Waals surface area contributed by atoms with Crippen LogP contribution in [-0.4, -0.2) is 21.3 Å². The lowest BCUT2D eigenvalue weighted by molar-refractivity contribution is 0.348. The lowest BCUT2D eigenvalue weighted by atomic mass is 9.95. The zero-order valence-electron chi connectivity index (χ0n) is 9.61. The molecule has 0 aliphatic carbocycles. The molecular weight excluding hydrogens is 188 g/mol. The molecule has 1 unspecified atom stereocenters. The molecule has 2 N–H and O–H groups in total. The number of nitrogens with zero attached hydrogens (tertiary/aromatic N) is 3. The molecule has 0 spiro atoms. The average molecular weight is 208 g/mol. The van der Waals surface area contributed by atoms with E-state index in [9.17, 15) is 0 Å². The van der Waals surface area contributed by atoms with Gasteiger partial charge in [0.1, 0.15) is 5.82 Å². The number of hydrogen-bond donors (Lipinski definition) is 1. The molecule has 0 fully saturated rings. The zero-order chi connectivity index (χ0) is 10.8. The van der Waals surface area contributed by atoms with Gasteiger partial charge >= 0.3 is 0 Å². The van der Waals surface area contributed by atoms with Crippen LogP contribution in [0.4, 0.5) is 0 Å². The Bertz CT molecular complexity index is 329. The zero-order valence-corrected chi connectivity index (χ0v) is 9.61. The van der Waals surface area contributed by atoms with Gasteiger partial charge in [0.2, 0.25) is 0 Å². The molecule has 0 bridgehead atoms. The maximum absolute atomic E-state index is 5.59. The summed E-state index contributed by atoms with van der Waals surface area (Å²) in [5, 5.41) is 4.52. The first kappa shape index (κ1) is 10.6. The van der Waals surface area contributed by atoms with E-state index in [0.717, 1.165) is 37.6 Å². The molecule has 0 saturated heterocycles. The second-order valence-electron chi connectivity index (χ2n) is 4.70. The Kier molecular flexibility index (Phi) is 3.05. The second kappa shape index (κ2) is 4.31. The summed E-state index contributed by atoms with van der Waals surface area (Å²) < 4.78 is 2.07. The SMILES string of the molecule is CC(C)c1nc2n(n1)CCC(CCN)C2. The van der Waals surface area contributed by atoms with E-state index < -0.39 is 0 Å². The molecule has 4 nitrogen and oxygen atoms in total. The molecule has 1 aliphatic rings. The summed E-state index contributed by atoms with van der Waals surface area (Å²) in [6.45, 7) is 6.08. The Hall–Kier alpha value is -0.900. The van der Waals surface area contributed by atoms with Gasteiger partial charge in [-0.25, -0.2) is 9.67 Å². The van der Waals surface area contributed by atoms with Gasteiger partial charge in [-0.2, -0.15) is 5.10 Å². The van der Waals surface area contributed by atoms with Crippen molar-refractivity contribution in [1.82, 2.24) is 14.8 Å². The van der Waals surface area contributed by atoms with Gasteiger partial charge in [0.05, 0.1) is 0 Å². The maximum atomic E-state index is 5.59. The Labute approximate surface area is 90.9 Å². The Morgan fingerprint density at radius 2 is 2.33 bits per heavy atom. The Morgan fingerprint density at radius 3 is 3.00 bits per heavy atom. The van der Waals surface area contributed by atoms with Gasteiger partial charge in [0.15, 0.2) is 5.82 Å². The minimum absolute atomic E-state index is 0.427. The second-order valence-corrected chi connectivity index (χ2v) is 4.70. The summed E-state index contributed by atoms with van der Waals surface area (Å²) in [6, 6.07) is 0. The van der Waals surface area contributed by atoms with E-state index in [-0.39, 0.29) is 0 Å². The third-order valence-electron chi connectivity index (χ3n) is 3.08. The highest BCUT2D eigenvalue weighted by Gasteiger charge is 2.21. The lowest BCUT2D eigenvalue weighted by Gasteiger charge is -2.21. The van der Waals surface area contributed by atoms with Crippen LogP contribution in [0.25, 0.3) is 0 Å². The highest BCUT2D eigenvalue weighted by molar-refractivity contribution is 5.00. The van der Waals surface area contributed by atoms with E-state index in [1.54, 1.807) is 0 Å². The monoisotopic (exact) mass is 208 g/mol. The molecule has 2 heterocycles. The van der Waals surface area contributed by atoms with E-state index in [4.69, 9.17) is 5.73 Å². The van der Waals surface area contributed by atoms with Crippen molar-refractivity contribution in [2.24, 2.45) is 11.7 Å². The fourth-order valence-electron chi connectivity index (χ4n) is 2.12. The summed E-state index contributed by atoms with van der Waals surface area (Å²) in [7, 11) is 0. The first-order valence-corrected chi connectivity index (χ1v) is 5.84. The molecule has 1 atom stereocenters. The number of nitrogens with two attached hydrogens (primary N) is 1. The van der Waals surface area contributed by atoms with Gasteiger partial charge in [-0.05, 0) is 25.3 Å². The number of hydrogen-bond acceptors (Lipinski definition) is 3. The molecule has 15 heavy (non-hydrogen) atoms. The van der Waals surface area contributed by atoms with Gasteiger partial charge in [-0.1, -0.05) is 13.8 Å². The largest absolute Gasteiger partial charge is 0.330 e. The summed E-state index contributed by atoms with van der Waals surface area (Å²) >= 11 is 0. The van der Waals surface area contributed by atoms with Crippen molar-refractivity contribution in [2.75, 3.05) is 6.54 Å². The highest BCUT2D eigenvalue weighted by atomic mass is 15.4. The summed E-state index contributed by atoms with van der Waals surface area (Å²) in [5.41, 5.74) is 5.59. The minimum atomic E-state index is 0.427. The van der Waals surface area contributed by atoms with Crippen LogP contribution < -0.4 is 5.73 Å². The van der Waals surface area contributed by atoms with Crippen molar-refractivity contribution in [3.63, 3.8) is 0 Å². The molecular formula is C11H20N4. The molecule has 1 aliphatic heterocycles. The van der Waals surface area contributed by atoms with Gasteiger partial charge in [-0.3, -0.25) is 0 Å². The first-order valence-electron chi connectivity index (χ1n) is 5.84. The fourth-order valence-corrected chi connectivity index (χ4v) is 2.12. The van der Waals surface area contributed by atoms with E-state index in [1.165, 1.54) is 6.42 Å². The quantitative estimate of drug-likeness (QED) is 0.815. The number of rotatable bonds is 3. The van der Waals surface area contributed by atoms with Crippen LogP contribution in [0.5, 0.6) is 0 Å². The van der Waals surface area contributed by atoms with Gasteiger partial charge in [0.25, 0.3) is 0 Å². The Morgan fingerprint density at radius 1 is 1.53 bits per heavy atom. The van der Waals surface area contributed by atoms with Gasteiger partial charge < -0.3 is 5.73 Å². The van der Waals surface area contributed by atoms with E-state index in [1.807, 2.05) is 0 Å². The van der Waals surface area contributed by atoms with Gasteiger partial charge in [0, 0.05) is 18.9 Å². The summed E-state index contributed by atoms with van der Waals surface area (Å²) in [5.74, 6) is 3.28. The van der Waals surface area contributed by atoms with Crippen molar-refractivity contribution in [3.05, 3.63) is 11.6 Å². The molecule has 1 aromatic heterocycles. The van der Waals surface area contributed by atoms with Crippen molar-refractivity contribution < 1.29 is 0 Å². The summed E-state index contributed by atoms with van der Waals surface area (Å²) in [4.78, 5) is 4.59. The predicted octanol–water partition coefficient (Wildman–Crippen LogP) is 1.31. The van der Waals surface area contributed by atoms with Crippen LogP contribution in [-0.2, 0) is 13.0 Å². The number of aromatic nitrogens is 3. The third kappa shape index (κ3) is 2.20. The Balaban J connectivity index is 2.12. The van der Waals surface area contributed by atoms with Crippen LogP contribution in [0.2, 0.25) is 0 Å². The lowest BCUT2D eigenvalue weighted by Crippen LogP contribution is -2.22. The standard InChI is InChI=1S/C11H20N4/c1-8(2)11-13-10-7-9(3-5-12)4-6-15(10)14-11/h8-9H,3-7,12H2,1-2H3. The molecule has 0 amide bonds. The van der Waals surface area contributed by atoms with Crippen LogP contribution >= 0.6 is 0 Å². The van der Waals surface area contributed by atoms with Crippen molar-refractivity contribution in [2.45, 2.75) is 45.6 Å². The molecule has 4 heteroatoms. The van der Waals surface area contributed by atoms with E-state index in [0.29, 0.717) is 11.8 Å². The topological polar surface area (TPSA) is 56.7 Å². The average Bonchev–Trinajstić information content (AvgIpc) is 2.61. The first-order chi connectivity index (χ1) is 7.20. The van der Waals surface area contributed by atoms with Crippen molar-refractivity contribution >= 4 is 0 Å². The van der Waals surface area contributed by atoms with Crippen LogP contribution in [0.15, 0.2) is 0 Å². The maximum Gasteiger partial charge on any atom is 0.153 e. The third-order valence-corrected chi connectivity index (χ3v) is 3.08. The molecule has 2 rings (SSSR count). The predicted molar refractivity (Wildman–Crippen MR) is 59.6 cm³/mol. The normalized spacial score (nSPS) is 20.7. The minimum Gasteiger partial charge on any atom is -0.330 e. The molecule has 0 aromatic carbocycles. The molecule has 0 saturated carbocycles. The number of aryl methyl sites for hydroxylation is 1. The smallest absolute Gasteiger partial charge is 0.153 e. The van der Waals surface area contributed by atoms with Crippen molar-refractivity contribution in [3.8, 4) is 0 Å². The van der Waals surface area contributed by atoms with E-state index >= 15 is 0 Å². The summed E-state index contributed by atoms with van der Waals surface area (Å²) in [6.07, 6.45) is 3.37. The van der Waals surface area contributed by atoms with Crippen LogP contribution in [0.3, 0.4) is 0 Å².